The first-order valence-electron chi connectivity index (χ1n) is 6.54. The Hall–Kier alpha value is -1.12. The van der Waals surface area contributed by atoms with Crippen LogP contribution >= 0.6 is 0 Å². The molecule has 0 aromatic rings. The molecular formula is C13H22N2O3. The predicted molar refractivity (Wildman–Crippen MR) is 66.8 cm³/mol. The molecule has 1 rings (SSSR count). The van der Waals surface area contributed by atoms with Gasteiger partial charge in [-0.05, 0) is 33.1 Å². The number of hydrogen-bond acceptors (Lipinski definition) is 4. The Bertz CT molecular complexity index is 295. The van der Waals surface area contributed by atoms with Crippen molar-refractivity contribution >= 4 is 5.91 Å². The molecule has 0 saturated carbocycles. The second-order valence-corrected chi connectivity index (χ2v) is 4.74. The predicted octanol–water partition coefficient (Wildman–Crippen LogP) is 1.38. The van der Waals surface area contributed by atoms with Gasteiger partial charge in [-0.25, -0.2) is 0 Å². The van der Waals surface area contributed by atoms with Gasteiger partial charge in [0.15, 0.2) is 0 Å². The van der Waals surface area contributed by atoms with Crippen LogP contribution in [-0.4, -0.2) is 37.4 Å². The Morgan fingerprint density at radius 2 is 2.33 bits per heavy atom. The van der Waals surface area contributed by atoms with Gasteiger partial charge in [-0.15, -0.1) is 0 Å². The number of carbonyl (C=O) groups is 1. The van der Waals surface area contributed by atoms with Gasteiger partial charge in [0.25, 0.3) is 0 Å². The highest BCUT2D eigenvalue weighted by molar-refractivity contribution is 5.80. The summed E-state index contributed by atoms with van der Waals surface area (Å²) in [6, 6.07) is 1.88. The summed E-state index contributed by atoms with van der Waals surface area (Å²) >= 11 is 0. The van der Waals surface area contributed by atoms with E-state index in [1.807, 2.05) is 6.07 Å². The summed E-state index contributed by atoms with van der Waals surface area (Å²) in [5.41, 5.74) is 0. The van der Waals surface area contributed by atoms with E-state index in [0.717, 1.165) is 25.9 Å². The number of nitriles is 1. The van der Waals surface area contributed by atoms with Crippen molar-refractivity contribution < 1.29 is 14.3 Å². The number of carbonyl (C=O) groups excluding carboxylic acids is 1. The summed E-state index contributed by atoms with van der Waals surface area (Å²) in [5.74, 6) is -0.173. The van der Waals surface area contributed by atoms with E-state index in [4.69, 9.17) is 14.7 Å². The highest BCUT2D eigenvalue weighted by atomic mass is 16.5. The van der Waals surface area contributed by atoms with Crippen LogP contribution in [0.3, 0.4) is 0 Å². The van der Waals surface area contributed by atoms with Crippen molar-refractivity contribution in [3.05, 3.63) is 0 Å². The van der Waals surface area contributed by atoms with Gasteiger partial charge in [0.1, 0.15) is 6.10 Å². The Balaban J connectivity index is 2.20. The minimum atomic E-state index is -0.503. The Labute approximate surface area is 108 Å². The average Bonchev–Trinajstić information content (AvgIpc) is 2.37. The van der Waals surface area contributed by atoms with E-state index in [1.165, 1.54) is 0 Å². The zero-order chi connectivity index (χ0) is 13.4. The average molecular weight is 254 g/mol. The molecule has 1 heterocycles. The van der Waals surface area contributed by atoms with Gasteiger partial charge in [0.05, 0.1) is 25.2 Å². The Morgan fingerprint density at radius 3 is 2.94 bits per heavy atom. The fourth-order valence-electron chi connectivity index (χ4n) is 1.81. The number of hydrogen-bond donors (Lipinski definition) is 1. The van der Waals surface area contributed by atoms with E-state index in [-0.39, 0.29) is 18.1 Å². The van der Waals surface area contributed by atoms with E-state index in [0.29, 0.717) is 13.0 Å². The summed E-state index contributed by atoms with van der Waals surface area (Å²) in [6.45, 7) is 4.77. The van der Waals surface area contributed by atoms with Crippen molar-refractivity contribution in [2.45, 2.75) is 57.8 Å². The van der Waals surface area contributed by atoms with Crippen LogP contribution in [0.2, 0.25) is 0 Å². The molecular weight excluding hydrogens is 232 g/mol. The van der Waals surface area contributed by atoms with E-state index in [2.05, 4.69) is 5.32 Å². The smallest absolute Gasteiger partial charge is 0.249 e. The molecule has 1 N–H and O–H groups in total. The molecule has 3 atom stereocenters. The topological polar surface area (TPSA) is 71.4 Å². The number of nitrogens with zero attached hydrogens (tertiary/aromatic N) is 1. The second kappa shape index (κ2) is 8.06. The summed E-state index contributed by atoms with van der Waals surface area (Å²) in [7, 11) is 0. The summed E-state index contributed by atoms with van der Waals surface area (Å²) in [6.07, 6.45) is 3.19. The molecule has 0 aliphatic carbocycles. The minimum Gasteiger partial charge on any atom is -0.376 e. The Kier molecular flexibility index (Phi) is 6.69. The first-order valence-corrected chi connectivity index (χ1v) is 6.54. The number of amides is 1. The van der Waals surface area contributed by atoms with Gasteiger partial charge < -0.3 is 14.8 Å². The highest BCUT2D eigenvalue weighted by Gasteiger charge is 2.19. The van der Waals surface area contributed by atoms with Crippen molar-refractivity contribution in [1.29, 1.82) is 5.26 Å². The van der Waals surface area contributed by atoms with Gasteiger partial charge in [-0.3, -0.25) is 4.79 Å². The van der Waals surface area contributed by atoms with Gasteiger partial charge >= 0.3 is 0 Å². The van der Waals surface area contributed by atoms with Crippen LogP contribution in [0.15, 0.2) is 0 Å². The molecule has 0 unspecified atom stereocenters. The van der Waals surface area contributed by atoms with Crippen molar-refractivity contribution in [1.82, 2.24) is 5.32 Å². The van der Waals surface area contributed by atoms with Crippen LogP contribution in [-0.2, 0) is 14.3 Å². The zero-order valence-corrected chi connectivity index (χ0v) is 11.1. The van der Waals surface area contributed by atoms with E-state index >= 15 is 0 Å². The zero-order valence-electron chi connectivity index (χ0n) is 11.1. The van der Waals surface area contributed by atoms with Gasteiger partial charge in [0, 0.05) is 12.6 Å². The third-order valence-electron chi connectivity index (χ3n) is 2.96. The molecule has 0 aromatic heterocycles. The molecule has 0 bridgehead atoms. The summed E-state index contributed by atoms with van der Waals surface area (Å²) in [4.78, 5) is 11.7. The standard InChI is InChI=1S/C13H22N2O3/c1-10(6-7-14)15-13(16)11(2)18-9-12-5-3-4-8-17-12/h10-12H,3-6,8-9H2,1-2H3,(H,15,16)/t10-,11+,12+/m1/s1. The molecule has 0 spiro atoms. The molecule has 5 nitrogen and oxygen atoms in total. The Morgan fingerprint density at radius 1 is 1.56 bits per heavy atom. The molecule has 1 amide bonds. The fourth-order valence-corrected chi connectivity index (χ4v) is 1.81. The van der Waals surface area contributed by atoms with Gasteiger partial charge in [0.2, 0.25) is 5.91 Å². The van der Waals surface area contributed by atoms with Crippen LogP contribution in [0.5, 0.6) is 0 Å². The van der Waals surface area contributed by atoms with Crippen LogP contribution in [0.1, 0.15) is 39.5 Å². The molecule has 102 valence electrons. The lowest BCUT2D eigenvalue weighted by molar-refractivity contribution is -0.136. The summed E-state index contributed by atoms with van der Waals surface area (Å²) in [5, 5.41) is 11.3. The quantitative estimate of drug-likeness (QED) is 0.777. The normalized spacial score (nSPS) is 22.8. The van der Waals surface area contributed by atoms with Crippen molar-refractivity contribution in [2.24, 2.45) is 0 Å². The molecule has 5 heteroatoms. The first kappa shape index (κ1) is 14.9. The lowest BCUT2D eigenvalue weighted by atomic mass is 10.1. The third kappa shape index (κ3) is 5.48. The number of nitrogens with one attached hydrogen (secondary N) is 1. The van der Waals surface area contributed by atoms with Crippen LogP contribution in [0, 0.1) is 11.3 Å². The molecule has 0 radical (unpaired) electrons. The van der Waals surface area contributed by atoms with Gasteiger partial charge in [-0.2, -0.15) is 5.26 Å². The van der Waals surface area contributed by atoms with Crippen molar-refractivity contribution in [3.8, 4) is 6.07 Å². The molecule has 1 aliphatic heterocycles. The lowest BCUT2D eigenvalue weighted by Gasteiger charge is -2.24. The molecule has 18 heavy (non-hydrogen) atoms. The van der Waals surface area contributed by atoms with E-state index in [9.17, 15) is 4.79 Å². The maximum absolute atomic E-state index is 11.7. The molecule has 1 saturated heterocycles. The van der Waals surface area contributed by atoms with Crippen molar-refractivity contribution in [3.63, 3.8) is 0 Å². The second-order valence-electron chi connectivity index (χ2n) is 4.74. The maximum Gasteiger partial charge on any atom is 0.249 e. The largest absolute Gasteiger partial charge is 0.376 e. The fraction of sp³-hybridized carbons (Fsp3) is 0.846. The molecule has 1 fully saturated rings. The molecule has 0 aromatic carbocycles. The van der Waals surface area contributed by atoms with Gasteiger partial charge in [-0.1, -0.05) is 0 Å². The van der Waals surface area contributed by atoms with Crippen LogP contribution in [0.4, 0.5) is 0 Å². The minimum absolute atomic E-state index is 0.116. The van der Waals surface area contributed by atoms with E-state index < -0.39 is 6.10 Å². The molecule has 1 aliphatic rings. The number of ether oxygens (including phenoxy) is 2. The third-order valence-corrected chi connectivity index (χ3v) is 2.96. The summed E-state index contributed by atoms with van der Waals surface area (Å²) < 4.78 is 11.0. The highest BCUT2D eigenvalue weighted by Crippen LogP contribution is 2.13. The maximum atomic E-state index is 11.7. The van der Waals surface area contributed by atoms with E-state index in [1.54, 1.807) is 13.8 Å². The number of rotatable bonds is 6. The lowest BCUT2D eigenvalue weighted by Crippen LogP contribution is -2.41. The van der Waals surface area contributed by atoms with Crippen LogP contribution in [0.25, 0.3) is 0 Å². The van der Waals surface area contributed by atoms with Crippen LogP contribution < -0.4 is 5.32 Å². The first-order chi connectivity index (χ1) is 8.63. The monoisotopic (exact) mass is 254 g/mol. The van der Waals surface area contributed by atoms with Crippen molar-refractivity contribution in [2.75, 3.05) is 13.2 Å². The SMILES string of the molecule is C[C@H](CC#N)NC(=O)[C@H](C)OC[C@@H]1CCCCO1.